The van der Waals surface area contributed by atoms with Gasteiger partial charge in [0, 0.05) is 460 Å². The lowest BCUT2D eigenvalue weighted by Gasteiger charge is -1.71. The summed E-state index contributed by atoms with van der Waals surface area (Å²) in [5.41, 5.74) is 0. The van der Waals surface area contributed by atoms with Crippen molar-refractivity contribution >= 4 is 0 Å². The van der Waals surface area contributed by atoms with Gasteiger partial charge in [-0.3, -0.25) is 0 Å². The van der Waals surface area contributed by atoms with Crippen LogP contribution < -0.4 is 11.7 Å². The Balaban J connectivity index is 4.12. The van der Waals surface area contributed by atoms with Crippen molar-refractivity contribution in [1.82, 2.24) is 0 Å². The number of hydrogen-bond donors (Lipinski definition) is 2. The highest BCUT2D eigenvalue weighted by atomic mass is 15.8. The third-order valence-electron chi connectivity index (χ3n) is 4.14. The van der Waals surface area contributed by atoms with Gasteiger partial charge < -0.3 is 11.7 Å². The highest BCUT2D eigenvalue weighted by Gasteiger charge is 1.80. The van der Waals surface area contributed by atoms with E-state index in [4.69, 9.17) is 0 Å². The van der Waals surface area contributed by atoms with E-state index >= 15 is 0 Å². The second kappa shape index (κ2) is 83.8. The van der Waals surface area contributed by atoms with Gasteiger partial charge in [-0.1, -0.05) is 10.4 Å². The minimum atomic E-state index is 2.75. The second-order valence-electron chi connectivity index (χ2n) is 9.35. The average molecular weight is 1490 g/mol. The van der Waals surface area contributed by atoms with Crippen molar-refractivity contribution in [2.75, 3.05) is 0 Å². The monoisotopic (exact) mass is 1490 g/mol. The van der Waals surface area contributed by atoms with Crippen molar-refractivity contribution in [2.45, 2.75) is 0 Å². The highest BCUT2D eigenvalue weighted by Crippen LogP contribution is 1.99. The predicted molar refractivity (Wildman–Crippen MR) is 261 cm³/mol. The summed E-state index contributed by atoms with van der Waals surface area (Å²) in [5.74, 6) is 9.27. The lowest BCUT2D eigenvalue weighted by molar-refractivity contribution is 0.723. The second-order valence-corrected chi connectivity index (χ2v) is 9.35. The van der Waals surface area contributed by atoms with E-state index in [2.05, 4.69) is 555 Å². The first-order valence-electron chi connectivity index (χ1n) is 21.1. The normalized spacial score (nSPS) is 15.7. The van der Waals surface area contributed by atoms with Gasteiger partial charge in [0.05, 0.1) is 0 Å². The van der Waals surface area contributed by atoms with E-state index in [1.54, 1.807) is 0 Å². The van der Waals surface area contributed by atoms with Gasteiger partial charge in [-0.2, -0.15) is 0 Å². The van der Waals surface area contributed by atoms with Crippen molar-refractivity contribution in [3.63, 3.8) is 0 Å². The molecule has 0 aromatic rings. The van der Waals surface area contributed by atoms with Crippen LogP contribution in [0.3, 0.4) is 0 Å². The van der Waals surface area contributed by atoms with Gasteiger partial charge >= 0.3 is 0 Å². The van der Waals surface area contributed by atoms with Crippen molar-refractivity contribution in [2.24, 2.45) is 555 Å². The third kappa shape index (κ3) is 82.8. The maximum Gasteiger partial charge on any atom is 0 e. The number of nitrogens with two attached hydrogens (primary N) is 2. The van der Waals surface area contributed by atoms with Crippen LogP contribution in [-0.4, -0.2) is 0 Å². The summed E-state index contributed by atoms with van der Waals surface area (Å²) in [6.07, 6.45) is 0. The van der Waals surface area contributed by atoms with Crippen molar-refractivity contribution < 1.29 is 0 Å². The molecule has 106 heavy (non-hydrogen) atoms. The molecule has 0 fully saturated rings. The zero-order chi connectivity index (χ0) is 75.5. The molecule has 0 amide bonds. The van der Waals surface area contributed by atoms with E-state index in [0.717, 1.165) is 0 Å². The molecule has 534 valence electrons. The van der Waals surface area contributed by atoms with Gasteiger partial charge in [0.1, 0.15) is 0 Å². The Labute approximate surface area is 555 Å². The molecule has 0 aliphatic carbocycles. The first-order chi connectivity index (χ1) is 52.9. The summed E-state index contributed by atoms with van der Waals surface area (Å²) in [5, 5.41) is 311. The van der Waals surface area contributed by atoms with Crippen LogP contribution in [0.15, 0.2) is 543 Å². The van der Waals surface area contributed by atoms with Gasteiger partial charge in [-0.15, -0.1) is 0 Å². The SMILES string of the molecule is N/N=N/N=N/N=N/N=N/N=N/N=N/N=N/N=N/N=N/N=N/N=N/N=N/N=N/N=N/N=N/N=N/N=N/N=N/N=N/N=N/N=N/N=N/N=N/N=N/N=N/N=N/N=N/N=N/N=N/N=N/N=N/N=N/N=N/N=N/N=N/N=N/N=N/N=N/N=N/N=N/N=N/N=N/N=N/N=N/N=N/N=N/N=N/N=N/N=N/N=N/N=N/N=N/N. The Hall–Kier alpha value is -21.2. The van der Waals surface area contributed by atoms with Crippen LogP contribution in [0.25, 0.3) is 0 Å². The van der Waals surface area contributed by atoms with Gasteiger partial charge in [0.15, 0.2) is 0 Å². The lowest BCUT2D eigenvalue weighted by atomic mass is 12.3. The summed E-state index contributed by atoms with van der Waals surface area (Å²) < 4.78 is 0. The smallest absolute Gasteiger partial charge is 0 e. The maximum absolute atomic E-state index is 4.64. The Morgan fingerprint density at radius 3 is 0.104 bits per heavy atom. The molecular formula is H4N106. The molecule has 0 saturated carbocycles. The molecule has 106 heteroatoms. The van der Waals surface area contributed by atoms with Crippen LogP contribution in [0.4, 0.5) is 0 Å². The minimum absolute atomic E-state index is 2.75. The van der Waals surface area contributed by atoms with Gasteiger partial charge in [0.2, 0.25) is 0 Å². The molecule has 0 aromatic heterocycles. The predicted octanol–water partition coefficient (Wildman–Crippen LogP) is 17.9. The van der Waals surface area contributed by atoms with Gasteiger partial charge in [-0.05, 0) is 73.1 Å². The van der Waals surface area contributed by atoms with Crippen molar-refractivity contribution in [3.8, 4) is 0 Å². The molecule has 0 rings (SSSR count). The van der Waals surface area contributed by atoms with Gasteiger partial charge in [-0.25, -0.2) is 0 Å². The molecule has 0 atom stereocenters. The van der Waals surface area contributed by atoms with Crippen LogP contribution in [0.1, 0.15) is 0 Å². The largest absolute Gasteiger partial charge is 0.303 e. The van der Waals surface area contributed by atoms with Crippen LogP contribution in [-0.2, 0) is 0 Å². The quantitative estimate of drug-likeness (QED) is 0.0341. The molecular weight excluding hydrogens is 1480 g/mol. The number of hydrogen-bond acceptors (Lipinski definition) is 2. The topological polar surface area (TPSA) is 1340 Å². The summed E-state index contributed by atoms with van der Waals surface area (Å²) in [6, 6.07) is 0. The first kappa shape index (κ1) is 84.8. The molecule has 0 spiro atoms. The van der Waals surface area contributed by atoms with E-state index < -0.39 is 0 Å². The standard InChI is InChI=1S/H4N106/c1-3-5-7-9-11-13-15-17-19-21-23-25-27-29-31-33-35-37-39-41-43-45-47-49-51-53-55-57-59-61-63-65-67-69-71-73-75-77-79-81-83-85-87-89-91-93-95-97-99-101-103-105-106-104-102-100-98-96-94-92-90-88-86-84-82-80-78-76-74-72-70-68-66-64-62-60-58-56-54-52-50-48-46-44-42-40-38-36-34-32-30-28-26-24-22-20-18-16-14-12-10-8-6-4-2/h(H2,1,4,5,8,9,12,13,16,17,20,21,24,25,28,29,32,33,36,37,40,41,44,45,48,49,52,53,56,57,60,61,64,65,68,69,72,73,76,77,80,81,84,85,88,89,92,93,96,97,100,101,104,105)(H2,2,3,6,7,10,11,14,15,18,19,22,23,26,27,30,31,34,35,38,39,42,43,46,47,50,51,54,55,58,59,62,63,66,67,70,71,74,75,78,79,82,83,86,87,90,91,94,95,98,99,102,103,106). The van der Waals surface area contributed by atoms with Crippen LogP contribution in [0, 0.1) is 0 Å². The average Bonchev–Trinajstić information content (AvgIpc) is 3.85. The van der Waals surface area contributed by atoms with E-state index in [9.17, 15) is 0 Å². The maximum atomic E-state index is 4.64. The molecule has 0 unspecified atom stereocenters. The molecule has 0 bridgehead atoms. The fourth-order valence-electron chi connectivity index (χ4n) is 1.84. The molecule has 4 N–H and O–H groups in total. The fraction of sp³-hybridized carbons (Fsp3) is 0. The molecule has 0 heterocycles. The van der Waals surface area contributed by atoms with Crippen molar-refractivity contribution in [1.29, 1.82) is 0 Å². The summed E-state index contributed by atoms with van der Waals surface area (Å²) in [6.45, 7) is 0. The van der Waals surface area contributed by atoms with E-state index in [0.29, 0.717) is 0 Å². The number of rotatable bonds is 51. The Morgan fingerprint density at radius 2 is 0.0755 bits per heavy atom. The Bertz CT molecular complexity index is 3680. The number of nitrogens with zero attached hydrogens (tertiary/aromatic N) is 104. The third-order valence-corrected chi connectivity index (χ3v) is 4.14. The summed E-state index contributed by atoms with van der Waals surface area (Å²) in [4.78, 5) is 0. The molecule has 0 aliphatic rings. The van der Waals surface area contributed by atoms with Crippen LogP contribution in [0.5, 0.6) is 0 Å². The van der Waals surface area contributed by atoms with Crippen LogP contribution >= 0.6 is 0 Å². The summed E-state index contributed by atoms with van der Waals surface area (Å²) in [7, 11) is 0. The van der Waals surface area contributed by atoms with E-state index in [-0.39, 0.29) is 0 Å². The molecule has 0 aromatic carbocycles. The van der Waals surface area contributed by atoms with Crippen molar-refractivity contribution in [3.05, 3.63) is 0 Å². The molecule has 0 radical (unpaired) electrons. The lowest BCUT2D eigenvalue weighted by Crippen LogP contribution is -1.70. The van der Waals surface area contributed by atoms with E-state index in [1.165, 1.54) is 0 Å². The highest BCUT2D eigenvalue weighted by molar-refractivity contribution is 4.23. The van der Waals surface area contributed by atoms with Crippen LogP contribution in [0.2, 0.25) is 0 Å². The molecule has 106 nitrogen and oxygen atoms in total. The summed E-state index contributed by atoms with van der Waals surface area (Å²) >= 11 is 0. The minimum Gasteiger partial charge on any atom is -0.303 e. The zero-order valence-corrected chi connectivity index (χ0v) is 47.7. The molecule has 0 saturated heterocycles. The van der Waals surface area contributed by atoms with Gasteiger partial charge in [0.25, 0.3) is 0 Å². The first-order valence-corrected chi connectivity index (χ1v) is 21.1. The molecule has 0 aliphatic heterocycles. The Kier molecular flexibility index (Phi) is 67.0. The zero-order valence-electron chi connectivity index (χ0n) is 47.7. The fourth-order valence-corrected chi connectivity index (χ4v) is 1.84. The van der Waals surface area contributed by atoms with E-state index in [1.807, 2.05) is 0 Å². The Morgan fingerprint density at radius 1 is 0.0472 bits per heavy atom.